The predicted molar refractivity (Wildman–Crippen MR) is 65.8 cm³/mol. The van der Waals surface area contributed by atoms with Gasteiger partial charge in [0.25, 0.3) is 0 Å². The molecule has 7 heteroatoms. The van der Waals surface area contributed by atoms with E-state index < -0.39 is 22.2 Å². The molecule has 0 fully saturated rings. The number of ether oxygens (including phenoxy) is 1. The molecule has 0 bridgehead atoms. The number of nitro benzene ring substituents is 1. The number of nitrogens with one attached hydrogen (secondary N) is 1. The topological polar surface area (TPSA) is 64.4 Å². The first kappa shape index (κ1) is 15.5. The molecule has 0 saturated heterocycles. The number of hydrogen-bond donors (Lipinski definition) is 1. The van der Waals surface area contributed by atoms with E-state index in [1.807, 2.05) is 13.8 Å². The van der Waals surface area contributed by atoms with E-state index in [0.29, 0.717) is 19.2 Å². The smallest absolute Gasteiger partial charge is 0.305 e. The van der Waals surface area contributed by atoms with Crippen LogP contribution < -0.4 is 5.32 Å². The highest BCUT2D eigenvalue weighted by Crippen LogP contribution is 2.21. The molecule has 1 atom stereocenters. The van der Waals surface area contributed by atoms with Gasteiger partial charge in [0.1, 0.15) is 5.82 Å². The van der Waals surface area contributed by atoms with Crippen LogP contribution >= 0.6 is 0 Å². The Balaban J connectivity index is 2.68. The highest BCUT2D eigenvalue weighted by molar-refractivity contribution is 5.37. The molecule has 1 aromatic carbocycles. The summed E-state index contributed by atoms with van der Waals surface area (Å²) in [7, 11) is 0. The van der Waals surface area contributed by atoms with Crippen molar-refractivity contribution in [3.8, 4) is 0 Å². The molecular weight excluding hydrogens is 258 g/mol. The number of benzene rings is 1. The van der Waals surface area contributed by atoms with Crippen molar-refractivity contribution < 1.29 is 18.4 Å². The second-order valence-corrected chi connectivity index (χ2v) is 4.05. The lowest BCUT2D eigenvalue weighted by atomic mass is 10.1. The van der Waals surface area contributed by atoms with Gasteiger partial charge in [-0.15, -0.1) is 0 Å². The van der Waals surface area contributed by atoms with Gasteiger partial charge >= 0.3 is 5.69 Å². The van der Waals surface area contributed by atoms with Crippen LogP contribution in [0.3, 0.4) is 0 Å². The van der Waals surface area contributed by atoms with Crippen molar-refractivity contribution in [3.05, 3.63) is 39.4 Å². The molecule has 0 aromatic heterocycles. The van der Waals surface area contributed by atoms with Crippen molar-refractivity contribution in [1.82, 2.24) is 5.32 Å². The molecule has 0 saturated carbocycles. The van der Waals surface area contributed by atoms with E-state index in [2.05, 4.69) is 5.32 Å². The first-order chi connectivity index (χ1) is 8.95. The summed E-state index contributed by atoms with van der Waals surface area (Å²) in [4.78, 5) is 9.68. The van der Waals surface area contributed by atoms with Crippen molar-refractivity contribution in [2.45, 2.75) is 26.5 Å². The van der Waals surface area contributed by atoms with E-state index in [1.54, 1.807) is 0 Å². The maximum atomic E-state index is 13.4. The molecule has 1 N–H and O–H groups in total. The third-order valence-corrected chi connectivity index (χ3v) is 2.51. The highest BCUT2D eigenvalue weighted by atomic mass is 19.1. The van der Waals surface area contributed by atoms with Crippen LogP contribution in [0.5, 0.6) is 0 Å². The Morgan fingerprint density at radius 2 is 2.11 bits per heavy atom. The number of halogens is 2. The van der Waals surface area contributed by atoms with Crippen LogP contribution in [0.2, 0.25) is 0 Å². The van der Waals surface area contributed by atoms with Crippen LogP contribution in [0.25, 0.3) is 0 Å². The van der Waals surface area contributed by atoms with Gasteiger partial charge in [0, 0.05) is 37.4 Å². The first-order valence-electron chi connectivity index (χ1n) is 5.90. The zero-order chi connectivity index (χ0) is 14.4. The number of rotatable bonds is 7. The van der Waals surface area contributed by atoms with Crippen molar-refractivity contribution in [1.29, 1.82) is 0 Å². The van der Waals surface area contributed by atoms with Gasteiger partial charge in [0.05, 0.1) is 11.0 Å². The van der Waals surface area contributed by atoms with Gasteiger partial charge in [-0.25, -0.2) is 4.39 Å². The molecule has 19 heavy (non-hydrogen) atoms. The van der Waals surface area contributed by atoms with E-state index in [1.165, 1.54) is 0 Å². The number of hydrogen-bond acceptors (Lipinski definition) is 4. The summed E-state index contributed by atoms with van der Waals surface area (Å²) in [6.45, 7) is 4.82. The van der Waals surface area contributed by atoms with Gasteiger partial charge in [-0.3, -0.25) is 10.1 Å². The van der Waals surface area contributed by atoms with Gasteiger partial charge in [-0.1, -0.05) is 0 Å². The maximum Gasteiger partial charge on any atom is 0.305 e. The standard InChI is InChI=1S/C12H16F2N2O3/c1-3-19-8(2)6-15-7-9-4-12(16(17)18)11(14)5-10(9)13/h4-5,8,15H,3,6-7H2,1-2H3. The SMILES string of the molecule is CCOC(C)CNCc1cc([N+](=O)[O-])c(F)cc1F. The van der Waals surface area contributed by atoms with E-state index in [-0.39, 0.29) is 18.2 Å². The summed E-state index contributed by atoms with van der Waals surface area (Å²) in [6.07, 6.45) is -0.0523. The molecule has 1 rings (SSSR count). The lowest BCUT2D eigenvalue weighted by Gasteiger charge is -2.12. The Kier molecular flexibility index (Phi) is 5.78. The Bertz CT molecular complexity index is 455. The third kappa shape index (κ3) is 4.53. The van der Waals surface area contributed by atoms with E-state index in [0.717, 1.165) is 6.07 Å². The monoisotopic (exact) mass is 274 g/mol. The Labute approximate surface area is 109 Å². The molecule has 1 unspecified atom stereocenters. The average Bonchev–Trinajstić information content (AvgIpc) is 2.31. The van der Waals surface area contributed by atoms with Crippen LogP contribution in [0.15, 0.2) is 12.1 Å². The largest absolute Gasteiger partial charge is 0.377 e. The summed E-state index contributed by atoms with van der Waals surface area (Å²) in [5.74, 6) is -1.98. The summed E-state index contributed by atoms with van der Waals surface area (Å²) in [6, 6.07) is 1.43. The van der Waals surface area contributed by atoms with E-state index in [4.69, 9.17) is 4.74 Å². The Hall–Kier alpha value is -1.60. The second kappa shape index (κ2) is 7.10. The molecule has 5 nitrogen and oxygen atoms in total. The fourth-order valence-corrected chi connectivity index (χ4v) is 1.61. The van der Waals surface area contributed by atoms with Gasteiger partial charge in [-0.05, 0) is 13.8 Å². The molecule has 106 valence electrons. The van der Waals surface area contributed by atoms with Gasteiger partial charge < -0.3 is 10.1 Å². The zero-order valence-corrected chi connectivity index (χ0v) is 10.8. The fraction of sp³-hybridized carbons (Fsp3) is 0.500. The molecule has 0 aliphatic carbocycles. The minimum Gasteiger partial charge on any atom is -0.377 e. The van der Waals surface area contributed by atoms with Crippen LogP contribution in [0.1, 0.15) is 19.4 Å². The molecule has 0 spiro atoms. The minimum atomic E-state index is -1.17. The van der Waals surface area contributed by atoms with E-state index >= 15 is 0 Å². The molecule has 0 radical (unpaired) electrons. The maximum absolute atomic E-state index is 13.4. The van der Waals surface area contributed by atoms with Crippen LogP contribution in [0.4, 0.5) is 14.5 Å². The van der Waals surface area contributed by atoms with E-state index in [9.17, 15) is 18.9 Å². The van der Waals surface area contributed by atoms with Crippen molar-refractivity contribution in [2.75, 3.05) is 13.2 Å². The summed E-state index contributed by atoms with van der Waals surface area (Å²) in [5.41, 5.74) is -0.673. The summed E-state index contributed by atoms with van der Waals surface area (Å²) in [5, 5.41) is 13.5. The van der Waals surface area contributed by atoms with Crippen molar-refractivity contribution in [2.24, 2.45) is 0 Å². The molecular formula is C12H16F2N2O3. The summed E-state index contributed by atoms with van der Waals surface area (Å²) < 4.78 is 31.8. The quantitative estimate of drug-likeness (QED) is 0.612. The van der Waals surface area contributed by atoms with Crippen LogP contribution in [-0.2, 0) is 11.3 Å². The lowest BCUT2D eigenvalue weighted by molar-refractivity contribution is -0.387. The van der Waals surface area contributed by atoms with Crippen LogP contribution in [-0.4, -0.2) is 24.2 Å². The zero-order valence-electron chi connectivity index (χ0n) is 10.8. The Morgan fingerprint density at radius 1 is 1.42 bits per heavy atom. The van der Waals surface area contributed by atoms with Crippen molar-refractivity contribution >= 4 is 5.69 Å². The number of nitrogens with zero attached hydrogens (tertiary/aromatic N) is 1. The molecule has 0 heterocycles. The highest BCUT2D eigenvalue weighted by Gasteiger charge is 2.18. The first-order valence-corrected chi connectivity index (χ1v) is 5.90. The van der Waals surface area contributed by atoms with Crippen LogP contribution in [0, 0.1) is 21.7 Å². The van der Waals surface area contributed by atoms with Crippen molar-refractivity contribution in [3.63, 3.8) is 0 Å². The van der Waals surface area contributed by atoms with Gasteiger partial charge in [0.2, 0.25) is 5.82 Å². The summed E-state index contributed by atoms with van der Waals surface area (Å²) >= 11 is 0. The lowest BCUT2D eigenvalue weighted by Crippen LogP contribution is -2.26. The minimum absolute atomic E-state index is 0.0523. The number of nitro groups is 1. The molecule has 1 aromatic rings. The molecule has 0 amide bonds. The molecule has 0 aliphatic heterocycles. The normalized spacial score (nSPS) is 12.4. The predicted octanol–water partition coefficient (Wildman–Crippen LogP) is 2.39. The molecule has 0 aliphatic rings. The average molecular weight is 274 g/mol. The second-order valence-electron chi connectivity index (χ2n) is 4.05. The third-order valence-electron chi connectivity index (χ3n) is 2.51. The fourth-order valence-electron chi connectivity index (χ4n) is 1.61. The van der Waals surface area contributed by atoms with Gasteiger partial charge in [-0.2, -0.15) is 4.39 Å². The van der Waals surface area contributed by atoms with Gasteiger partial charge in [0.15, 0.2) is 0 Å². The Morgan fingerprint density at radius 3 is 2.68 bits per heavy atom.